The van der Waals surface area contributed by atoms with Crippen molar-refractivity contribution in [2.75, 3.05) is 6.26 Å². The van der Waals surface area contributed by atoms with Gasteiger partial charge in [0.15, 0.2) is 15.6 Å². The second-order valence-corrected chi connectivity index (χ2v) is 6.90. The molecule has 2 rings (SSSR count). The average Bonchev–Trinajstić information content (AvgIpc) is 2.40. The van der Waals surface area contributed by atoms with Gasteiger partial charge in [-0.3, -0.25) is 4.79 Å². The molecule has 104 valence electrons. The van der Waals surface area contributed by atoms with Gasteiger partial charge in [0.25, 0.3) is 0 Å². The maximum absolute atomic E-state index is 12.1. The fourth-order valence-electron chi connectivity index (χ4n) is 1.88. The lowest BCUT2D eigenvalue weighted by Crippen LogP contribution is -2.04. The first-order valence-corrected chi connectivity index (χ1v) is 8.14. The van der Waals surface area contributed by atoms with Crippen molar-refractivity contribution in [3.63, 3.8) is 0 Å². The van der Waals surface area contributed by atoms with Crippen molar-refractivity contribution in [1.29, 1.82) is 0 Å². The van der Waals surface area contributed by atoms with Crippen LogP contribution in [-0.2, 0) is 16.3 Å². The summed E-state index contributed by atoms with van der Waals surface area (Å²) in [5, 5.41) is 0. The van der Waals surface area contributed by atoms with Gasteiger partial charge in [0.2, 0.25) is 0 Å². The highest BCUT2D eigenvalue weighted by Gasteiger charge is 2.10. The van der Waals surface area contributed by atoms with Crippen molar-refractivity contribution >= 4 is 15.6 Å². The Morgan fingerprint density at radius 2 is 1.50 bits per heavy atom. The van der Waals surface area contributed by atoms with Gasteiger partial charge in [-0.15, -0.1) is 0 Å². The highest BCUT2D eigenvalue weighted by atomic mass is 32.2. The lowest BCUT2D eigenvalue weighted by molar-refractivity contribution is 0.0993. The summed E-state index contributed by atoms with van der Waals surface area (Å²) in [4.78, 5) is 12.3. The van der Waals surface area contributed by atoms with Gasteiger partial charge in [-0.25, -0.2) is 8.42 Å². The molecule has 0 bridgehead atoms. The van der Waals surface area contributed by atoms with Gasteiger partial charge in [0.05, 0.1) is 4.90 Å². The minimum absolute atomic E-state index is 0.0195. The van der Waals surface area contributed by atoms with Crippen LogP contribution in [0.15, 0.2) is 53.4 Å². The largest absolute Gasteiger partial charge is 0.294 e. The van der Waals surface area contributed by atoms with Gasteiger partial charge < -0.3 is 0 Å². The molecule has 0 spiro atoms. The van der Waals surface area contributed by atoms with Crippen LogP contribution in [0.25, 0.3) is 0 Å². The molecule has 20 heavy (non-hydrogen) atoms. The SMILES string of the molecule is Cc1ccc(CC(=O)c2ccc(S(C)(=O)=O)cc2)cc1. The molecule has 0 aliphatic rings. The monoisotopic (exact) mass is 288 g/mol. The molecular weight excluding hydrogens is 272 g/mol. The Kier molecular flexibility index (Phi) is 4.04. The van der Waals surface area contributed by atoms with E-state index in [0.29, 0.717) is 12.0 Å². The molecule has 0 radical (unpaired) electrons. The minimum atomic E-state index is -3.22. The number of hydrogen-bond donors (Lipinski definition) is 0. The second kappa shape index (κ2) is 5.59. The van der Waals surface area contributed by atoms with Crippen LogP contribution in [0.2, 0.25) is 0 Å². The molecule has 0 atom stereocenters. The first kappa shape index (κ1) is 14.5. The van der Waals surface area contributed by atoms with E-state index in [0.717, 1.165) is 17.4 Å². The average molecular weight is 288 g/mol. The lowest BCUT2D eigenvalue weighted by Gasteiger charge is -2.03. The van der Waals surface area contributed by atoms with Crippen LogP contribution >= 0.6 is 0 Å². The summed E-state index contributed by atoms with van der Waals surface area (Å²) >= 11 is 0. The highest BCUT2D eigenvalue weighted by Crippen LogP contribution is 2.13. The van der Waals surface area contributed by atoms with Crippen LogP contribution in [0.5, 0.6) is 0 Å². The third-order valence-electron chi connectivity index (χ3n) is 3.09. The molecule has 0 saturated carbocycles. The van der Waals surface area contributed by atoms with E-state index in [1.165, 1.54) is 12.1 Å². The van der Waals surface area contributed by atoms with Gasteiger partial charge in [0, 0.05) is 18.2 Å². The second-order valence-electron chi connectivity index (χ2n) is 4.88. The van der Waals surface area contributed by atoms with E-state index in [1.54, 1.807) is 12.1 Å². The van der Waals surface area contributed by atoms with Crippen LogP contribution in [-0.4, -0.2) is 20.5 Å². The maximum atomic E-state index is 12.1. The topological polar surface area (TPSA) is 51.2 Å². The Balaban J connectivity index is 2.15. The molecule has 0 saturated heterocycles. The van der Waals surface area contributed by atoms with Crippen molar-refractivity contribution in [2.45, 2.75) is 18.2 Å². The number of benzene rings is 2. The van der Waals surface area contributed by atoms with Crippen molar-refractivity contribution in [3.8, 4) is 0 Å². The van der Waals surface area contributed by atoms with Crippen molar-refractivity contribution in [2.24, 2.45) is 0 Å². The fraction of sp³-hybridized carbons (Fsp3) is 0.188. The fourth-order valence-corrected chi connectivity index (χ4v) is 2.51. The van der Waals surface area contributed by atoms with Crippen LogP contribution < -0.4 is 0 Å². The molecule has 0 aromatic heterocycles. The van der Waals surface area contributed by atoms with Gasteiger partial charge >= 0.3 is 0 Å². The Morgan fingerprint density at radius 1 is 0.950 bits per heavy atom. The van der Waals surface area contributed by atoms with Gasteiger partial charge in [-0.2, -0.15) is 0 Å². The Bertz CT molecular complexity index is 711. The van der Waals surface area contributed by atoms with Gasteiger partial charge in [0.1, 0.15) is 0 Å². The van der Waals surface area contributed by atoms with E-state index < -0.39 is 9.84 Å². The number of carbonyl (C=O) groups excluding carboxylic acids is 1. The molecule has 0 aliphatic carbocycles. The molecule has 0 amide bonds. The Morgan fingerprint density at radius 3 is 2.00 bits per heavy atom. The molecule has 0 heterocycles. The zero-order chi connectivity index (χ0) is 14.8. The zero-order valence-electron chi connectivity index (χ0n) is 11.5. The quantitative estimate of drug-likeness (QED) is 0.813. The van der Waals surface area contributed by atoms with Gasteiger partial charge in [-0.05, 0) is 24.6 Å². The van der Waals surface area contributed by atoms with E-state index >= 15 is 0 Å². The normalized spacial score (nSPS) is 11.3. The molecule has 0 aliphatic heterocycles. The molecule has 0 unspecified atom stereocenters. The van der Waals surface area contributed by atoms with E-state index in [9.17, 15) is 13.2 Å². The summed E-state index contributed by atoms with van der Waals surface area (Å²) < 4.78 is 22.7. The van der Waals surface area contributed by atoms with Crippen LogP contribution in [0, 0.1) is 6.92 Å². The molecule has 2 aromatic carbocycles. The Hall–Kier alpha value is -1.94. The summed E-state index contributed by atoms with van der Waals surface area (Å²) in [7, 11) is -3.22. The van der Waals surface area contributed by atoms with Crippen molar-refractivity contribution < 1.29 is 13.2 Å². The van der Waals surface area contributed by atoms with Crippen LogP contribution in [0.4, 0.5) is 0 Å². The zero-order valence-corrected chi connectivity index (χ0v) is 12.3. The molecule has 4 heteroatoms. The number of aryl methyl sites for hydroxylation is 1. The molecular formula is C16H16O3S. The number of ketones is 1. The molecule has 0 N–H and O–H groups in total. The maximum Gasteiger partial charge on any atom is 0.175 e. The first-order chi connectivity index (χ1) is 9.36. The van der Waals surface area contributed by atoms with E-state index in [2.05, 4.69) is 0 Å². The summed E-state index contributed by atoms with van der Waals surface area (Å²) in [5.74, 6) is -0.0195. The van der Waals surface area contributed by atoms with E-state index in [-0.39, 0.29) is 10.7 Å². The number of hydrogen-bond acceptors (Lipinski definition) is 3. The lowest BCUT2D eigenvalue weighted by atomic mass is 10.0. The summed E-state index contributed by atoms with van der Waals surface area (Å²) in [6.45, 7) is 2.00. The summed E-state index contributed by atoms with van der Waals surface area (Å²) in [6.07, 6.45) is 1.47. The third-order valence-corrected chi connectivity index (χ3v) is 4.22. The summed E-state index contributed by atoms with van der Waals surface area (Å²) in [6, 6.07) is 13.9. The minimum Gasteiger partial charge on any atom is -0.294 e. The predicted octanol–water partition coefficient (Wildman–Crippen LogP) is 2.82. The first-order valence-electron chi connectivity index (χ1n) is 6.25. The van der Waals surface area contributed by atoms with Crippen LogP contribution in [0.1, 0.15) is 21.5 Å². The summed E-state index contributed by atoms with van der Waals surface area (Å²) in [5.41, 5.74) is 2.63. The Labute approximate surface area is 119 Å². The van der Waals surface area contributed by atoms with Crippen molar-refractivity contribution in [3.05, 3.63) is 65.2 Å². The number of sulfone groups is 1. The number of rotatable bonds is 4. The molecule has 3 nitrogen and oxygen atoms in total. The third kappa shape index (κ3) is 3.54. The number of Topliss-reactive ketones (excluding diaryl/α,β-unsaturated/α-hetero) is 1. The van der Waals surface area contributed by atoms with E-state index in [4.69, 9.17) is 0 Å². The standard InChI is InChI=1S/C16H16O3S/c1-12-3-5-13(6-4-12)11-16(17)14-7-9-15(10-8-14)20(2,18)19/h3-10H,11H2,1-2H3. The van der Waals surface area contributed by atoms with Crippen LogP contribution in [0.3, 0.4) is 0 Å². The molecule has 0 fully saturated rings. The predicted molar refractivity (Wildman–Crippen MR) is 78.8 cm³/mol. The van der Waals surface area contributed by atoms with E-state index in [1.807, 2.05) is 31.2 Å². The van der Waals surface area contributed by atoms with Crippen molar-refractivity contribution in [1.82, 2.24) is 0 Å². The highest BCUT2D eigenvalue weighted by molar-refractivity contribution is 7.90. The molecule has 2 aromatic rings. The van der Waals surface area contributed by atoms with Gasteiger partial charge in [-0.1, -0.05) is 42.0 Å². The smallest absolute Gasteiger partial charge is 0.175 e. The number of carbonyl (C=O) groups is 1.